The summed E-state index contributed by atoms with van der Waals surface area (Å²) in [4.78, 5) is 2.79. The molecule has 2 heteroatoms. The summed E-state index contributed by atoms with van der Waals surface area (Å²) in [5.41, 5.74) is 0.560. The number of nitrogens with zero attached hydrogens (tertiary/aromatic N) is 1. The van der Waals surface area contributed by atoms with Crippen molar-refractivity contribution in [2.24, 2.45) is 11.3 Å². The van der Waals surface area contributed by atoms with Crippen LogP contribution in [0, 0.1) is 11.3 Å². The van der Waals surface area contributed by atoms with Crippen LogP contribution >= 0.6 is 0 Å². The summed E-state index contributed by atoms with van der Waals surface area (Å²) in [7, 11) is 0. The van der Waals surface area contributed by atoms with Crippen molar-refractivity contribution in [3.05, 3.63) is 0 Å². The number of nitrogens with one attached hydrogen (secondary N) is 1. The van der Waals surface area contributed by atoms with Crippen LogP contribution in [-0.4, -0.2) is 37.1 Å². The Kier molecular flexibility index (Phi) is 5.70. The molecule has 0 aromatic heterocycles. The highest BCUT2D eigenvalue weighted by molar-refractivity contribution is 4.91. The van der Waals surface area contributed by atoms with Gasteiger partial charge in [-0.2, -0.15) is 0 Å². The van der Waals surface area contributed by atoms with Gasteiger partial charge in [-0.15, -0.1) is 0 Å². The average Bonchev–Trinajstić information content (AvgIpc) is 2.58. The minimum atomic E-state index is 0.560. The van der Waals surface area contributed by atoms with Crippen LogP contribution in [0.2, 0.25) is 0 Å². The van der Waals surface area contributed by atoms with Gasteiger partial charge in [0, 0.05) is 25.7 Å². The van der Waals surface area contributed by atoms with Gasteiger partial charge in [0.15, 0.2) is 0 Å². The van der Waals surface area contributed by atoms with Crippen molar-refractivity contribution in [2.75, 3.05) is 26.2 Å². The Bertz CT molecular complexity index is 256. The van der Waals surface area contributed by atoms with Crippen LogP contribution in [0.15, 0.2) is 0 Å². The Morgan fingerprint density at radius 1 is 1.11 bits per heavy atom. The molecule has 1 heterocycles. The summed E-state index contributed by atoms with van der Waals surface area (Å²) in [5.74, 6) is 0.900. The Balaban J connectivity index is 1.99. The van der Waals surface area contributed by atoms with Gasteiger partial charge in [-0.25, -0.2) is 0 Å². The van der Waals surface area contributed by atoms with E-state index in [-0.39, 0.29) is 0 Å². The van der Waals surface area contributed by atoms with E-state index in [0.29, 0.717) is 5.41 Å². The van der Waals surface area contributed by atoms with Crippen molar-refractivity contribution < 1.29 is 0 Å². The molecule has 0 aromatic rings. The lowest BCUT2D eigenvalue weighted by Gasteiger charge is -2.38. The maximum atomic E-state index is 3.66. The number of rotatable bonds is 5. The molecule has 2 nitrogen and oxygen atoms in total. The van der Waals surface area contributed by atoms with Crippen LogP contribution in [0.5, 0.6) is 0 Å². The fourth-order valence-corrected chi connectivity index (χ4v) is 4.30. The van der Waals surface area contributed by atoms with Gasteiger partial charge in [0.1, 0.15) is 0 Å². The standard InChI is InChI=1S/C17H34N2/c1-4-18-13-17(9-7-5-6-8-10-17)14-19-12-15(2)11-16(19)3/h15-16,18H,4-14H2,1-3H3. The van der Waals surface area contributed by atoms with E-state index in [2.05, 4.69) is 31.0 Å². The highest BCUT2D eigenvalue weighted by Crippen LogP contribution is 2.37. The summed E-state index contributed by atoms with van der Waals surface area (Å²) < 4.78 is 0. The van der Waals surface area contributed by atoms with Gasteiger partial charge in [-0.05, 0) is 44.1 Å². The van der Waals surface area contributed by atoms with Gasteiger partial charge in [0.25, 0.3) is 0 Å². The van der Waals surface area contributed by atoms with Gasteiger partial charge in [0.05, 0.1) is 0 Å². The summed E-state index contributed by atoms with van der Waals surface area (Å²) in [6.07, 6.45) is 10.1. The molecule has 1 aliphatic heterocycles. The molecule has 0 bridgehead atoms. The molecule has 1 saturated heterocycles. The van der Waals surface area contributed by atoms with Crippen LogP contribution in [0.25, 0.3) is 0 Å². The molecule has 0 spiro atoms. The van der Waals surface area contributed by atoms with E-state index in [1.807, 2.05) is 0 Å². The van der Waals surface area contributed by atoms with Crippen LogP contribution < -0.4 is 5.32 Å². The molecule has 2 aliphatic rings. The molecule has 2 unspecified atom stereocenters. The number of likely N-dealkylation sites (tertiary alicyclic amines) is 1. The zero-order chi connectivity index (χ0) is 13.7. The minimum Gasteiger partial charge on any atom is -0.316 e. The van der Waals surface area contributed by atoms with Crippen molar-refractivity contribution in [1.29, 1.82) is 0 Å². The van der Waals surface area contributed by atoms with Gasteiger partial charge in [-0.3, -0.25) is 4.90 Å². The van der Waals surface area contributed by atoms with E-state index >= 15 is 0 Å². The number of hydrogen-bond acceptors (Lipinski definition) is 2. The number of hydrogen-bond donors (Lipinski definition) is 1. The first-order valence-corrected chi connectivity index (χ1v) is 8.60. The lowest BCUT2D eigenvalue weighted by Crippen LogP contribution is -2.45. The molecule has 1 N–H and O–H groups in total. The summed E-state index contributed by atoms with van der Waals surface area (Å²) in [6, 6.07) is 0.803. The monoisotopic (exact) mass is 266 g/mol. The predicted molar refractivity (Wildman–Crippen MR) is 83.5 cm³/mol. The topological polar surface area (TPSA) is 15.3 Å². The third-order valence-electron chi connectivity index (χ3n) is 5.37. The smallest absolute Gasteiger partial charge is 0.00702 e. The molecule has 112 valence electrons. The zero-order valence-electron chi connectivity index (χ0n) is 13.4. The molecule has 2 fully saturated rings. The van der Waals surface area contributed by atoms with Crippen molar-refractivity contribution in [1.82, 2.24) is 10.2 Å². The summed E-state index contributed by atoms with van der Waals surface area (Å²) >= 11 is 0. The van der Waals surface area contributed by atoms with Crippen LogP contribution in [0.3, 0.4) is 0 Å². The fourth-order valence-electron chi connectivity index (χ4n) is 4.30. The first kappa shape index (κ1) is 15.3. The molecular weight excluding hydrogens is 232 g/mol. The molecule has 2 atom stereocenters. The van der Waals surface area contributed by atoms with Gasteiger partial charge in [0.2, 0.25) is 0 Å². The normalized spacial score (nSPS) is 32.4. The van der Waals surface area contributed by atoms with Crippen molar-refractivity contribution in [3.8, 4) is 0 Å². The summed E-state index contributed by atoms with van der Waals surface area (Å²) in [5, 5.41) is 3.66. The van der Waals surface area contributed by atoms with Crippen molar-refractivity contribution in [3.63, 3.8) is 0 Å². The highest BCUT2D eigenvalue weighted by Gasteiger charge is 2.36. The van der Waals surface area contributed by atoms with Crippen LogP contribution in [0.1, 0.15) is 65.7 Å². The van der Waals surface area contributed by atoms with E-state index in [9.17, 15) is 0 Å². The second kappa shape index (κ2) is 7.08. The second-order valence-corrected chi connectivity index (χ2v) is 7.31. The molecule has 0 aromatic carbocycles. The minimum absolute atomic E-state index is 0.560. The molecular formula is C17H34N2. The lowest BCUT2D eigenvalue weighted by molar-refractivity contribution is 0.121. The molecule has 19 heavy (non-hydrogen) atoms. The molecule has 0 radical (unpaired) electrons. The maximum Gasteiger partial charge on any atom is 0.00702 e. The van der Waals surface area contributed by atoms with Crippen LogP contribution in [-0.2, 0) is 0 Å². The van der Waals surface area contributed by atoms with Crippen LogP contribution in [0.4, 0.5) is 0 Å². The largest absolute Gasteiger partial charge is 0.316 e. The third-order valence-corrected chi connectivity index (χ3v) is 5.37. The van der Waals surface area contributed by atoms with E-state index in [1.54, 1.807) is 0 Å². The van der Waals surface area contributed by atoms with E-state index in [4.69, 9.17) is 0 Å². The summed E-state index contributed by atoms with van der Waals surface area (Å²) in [6.45, 7) is 12.1. The lowest BCUT2D eigenvalue weighted by atomic mass is 9.79. The van der Waals surface area contributed by atoms with E-state index in [0.717, 1.165) is 18.5 Å². The Morgan fingerprint density at radius 3 is 2.32 bits per heavy atom. The van der Waals surface area contributed by atoms with Crippen molar-refractivity contribution in [2.45, 2.75) is 71.8 Å². The average molecular weight is 266 g/mol. The van der Waals surface area contributed by atoms with E-state index in [1.165, 1.54) is 64.6 Å². The molecule has 1 aliphatic carbocycles. The fraction of sp³-hybridized carbons (Fsp3) is 1.00. The zero-order valence-corrected chi connectivity index (χ0v) is 13.4. The van der Waals surface area contributed by atoms with Gasteiger partial charge >= 0.3 is 0 Å². The molecule has 2 rings (SSSR count). The third kappa shape index (κ3) is 4.19. The van der Waals surface area contributed by atoms with Gasteiger partial charge < -0.3 is 5.32 Å². The first-order valence-electron chi connectivity index (χ1n) is 8.60. The molecule has 0 amide bonds. The second-order valence-electron chi connectivity index (χ2n) is 7.31. The Labute approximate surface area is 120 Å². The predicted octanol–water partition coefficient (Wildman–Crippen LogP) is 3.67. The Morgan fingerprint density at radius 2 is 1.79 bits per heavy atom. The van der Waals surface area contributed by atoms with Gasteiger partial charge in [-0.1, -0.05) is 39.5 Å². The highest BCUT2D eigenvalue weighted by atomic mass is 15.2. The molecule has 1 saturated carbocycles. The SMILES string of the molecule is CCNCC1(CN2CC(C)CC2C)CCCCCC1. The first-order chi connectivity index (χ1) is 9.15. The van der Waals surface area contributed by atoms with E-state index < -0.39 is 0 Å². The maximum absolute atomic E-state index is 3.66. The Hall–Kier alpha value is -0.0800. The quantitative estimate of drug-likeness (QED) is 0.764. The van der Waals surface area contributed by atoms with Crippen molar-refractivity contribution >= 4 is 0 Å².